The van der Waals surface area contributed by atoms with Crippen molar-refractivity contribution in [3.63, 3.8) is 0 Å². The SMILES string of the molecule is N#Cc1ccc(S(=O)(=O)Nc2nc(-c3ccc(F)c(F)c3)cs2)cc1. The fourth-order valence-electron chi connectivity index (χ4n) is 1.99. The first kappa shape index (κ1) is 17.0. The van der Waals surface area contributed by atoms with Gasteiger partial charge in [0.1, 0.15) is 0 Å². The zero-order valence-corrected chi connectivity index (χ0v) is 14.0. The highest BCUT2D eigenvalue weighted by molar-refractivity contribution is 7.93. The van der Waals surface area contributed by atoms with Crippen LogP contribution in [0.2, 0.25) is 0 Å². The van der Waals surface area contributed by atoms with Crippen LogP contribution in [-0.4, -0.2) is 13.4 Å². The van der Waals surface area contributed by atoms with Gasteiger partial charge in [-0.3, -0.25) is 4.72 Å². The molecule has 0 amide bonds. The first-order chi connectivity index (χ1) is 11.9. The number of halogens is 2. The predicted molar refractivity (Wildman–Crippen MR) is 89.4 cm³/mol. The maximum Gasteiger partial charge on any atom is 0.263 e. The third kappa shape index (κ3) is 3.65. The molecule has 0 bridgehead atoms. The Labute approximate surface area is 146 Å². The number of thiazole rings is 1. The summed E-state index contributed by atoms with van der Waals surface area (Å²) in [5.74, 6) is -1.98. The molecule has 126 valence electrons. The second kappa shape index (κ2) is 6.58. The minimum Gasteiger partial charge on any atom is -0.255 e. The van der Waals surface area contributed by atoms with E-state index in [-0.39, 0.29) is 10.0 Å². The zero-order chi connectivity index (χ0) is 18.0. The van der Waals surface area contributed by atoms with Crippen LogP contribution in [0.3, 0.4) is 0 Å². The lowest BCUT2D eigenvalue weighted by molar-refractivity contribution is 0.509. The smallest absolute Gasteiger partial charge is 0.255 e. The molecule has 25 heavy (non-hydrogen) atoms. The fraction of sp³-hybridized carbons (Fsp3) is 0. The van der Waals surface area contributed by atoms with Gasteiger partial charge in [-0.25, -0.2) is 22.2 Å². The van der Waals surface area contributed by atoms with Crippen LogP contribution in [0, 0.1) is 23.0 Å². The van der Waals surface area contributed by atoms with Crippen LogP contribution >= 0.6 is 11.3 Å². The van der Waals surface area contributed by atoms with Crippen LogP contribution in [0.4, 0.5) is 13.9 Å². The summed E-state index contributed by atoms with van der Waals surface area (Å²) >= 11 is 1.01. The Kier molecular flexibility index (Phi) is 4.48. The molecular weight excluding hydrogens is 368 g/mol. The number of nitrogens with one attached hydrogen (secondary N) is 1. The quantitative estimate of drug-likeness (QED) is 0.750. The Morgan fingerprint density at radius 2 is 1.80 bits per heavy atom. The molecule has 0 atom stereocenters. The summed E-state index contributed by atoms with van der Waals surface area (Å²) in [5.41, 5.74) is 0.995. The minimum atomic E-state index is -3.87. The van der Waals surface area contributed by atoms with Crippen molar-refractivity contribution in [3.8, 4) is 17.3 Å². The molecule has 3 rings (SSSR count). The van der Waals surface area contributed by atoms with Gasteiger partial charge in [0.15, 0.2) is 16.8 Å². The van der Waals surface area contributed by atoms with Gasteiger partial charge in [0, 0.05) is 10.9 Å². The van der Waals surface area contributed by atoms with Crippen molar-refractivity contribution < 1.29 is 17.2 Å². The summed E-state index contributed by atoms with van der Waals surface area (Å²) in [6, 6.07) is 10.6. The van der Waals surface area contributed by atoms with Gasteiger partial charge in [0.05, 0.1) is 22.2 Å². The number of nitriles is 1. The van der Waals surface area contributed by atoms with E-state index in [0.29, 0.717) is 16.8 Å². The van der Waals surface area contributed by atoms with Crippen LogP contribution in [0.25, 0.3) is 11.3 Å². The van der Waals surface area contributed by atoms with E-state index in [1.807, 2.05) is 6.07 Å². The number of hydrogen-bond donors (Lipinski definition) is 1. The second-order valence-electron chi connectivity index (χ2n) is 4.91. The predicted octanol–water partition coefficient (Wildman–Crippen LogP) is 3.76. The largest absolute Gasteiger partial charge is 0.263 e. The first-order valence-electron chi connectivity index (χ1n) is 6.83. The number of benzene rings is 2. The van der Waals surface area contributed by atoms with Crippen LogP contribution in [0.1, 0.15) is 5.56 Å². The molecule has 5 nitrogen and oxygen atoms in total. The van der Waals surface area contributed by atoms with Crippen LogP contribution in [-0.2, 0) is 10.0 Å². The van der Waals surface area contributed by atoms with Gasteiger partial charge >= 0.3 is 0 Å². The maximum absolute atomic E-state index is 13.3. The fourth-order valence-corrected chi connectivity index (χ4v) is 3.96. The molecule has 0 saturated heterocycles. The maximum atomic E-state index is 13.3. The van der Waals surface area contributed by atoms with E-state index in [1.165, 1.54) is 35.7 Å². The van der Waals surface area contributed by atoms with E-state index in [2.05, 4.69) is 9.71 Å². The average molecular weight is 377 g/mol. The Balaban J connectivity index is 1.84. The summed E-state index contributed by atoms with van der Waals surface area (Å²) in [5, 5.41) is 10.4. The molecule has 0 saturated carbocycles. The molecule has 0 radical (unpaired) electrons. The molecular formula is C16H9F2N3O2S2. The van der Waals surface area contributed by atoms with E-state index in [0.717, 1.165) is 23.5 Å². The Hall–Kier alpha value is -2.83. The van der Waals surface area contributed by atoms with Gasteiger partial charge in [0.2, 0.25) is 0 Å². The Bertz CT molecular complexity index is 1070. The lowest BCUT2D eigenvalue weighted by atomic mass is 10.2. The molecule has 1 N–H and O–H groups in total. The van der Waals surface area contributed by atoms with Gasteiger partial charge in [-0.15, -0.1) is 11.3 Å². The number of hydrogen-bond acceptors (Lipinski definition) is 5. The third-order valence-electron chi connectivity index (χ3n) is 3.23. The average Bonchev–Trinajstić information content (AvgIpc) is 3.05. The van der Waals surface area contributed by atoms with Crippen molar-refractivity contribution in [1.29, 1.82) is 5.26 Å². The summed E-state index contributed by atoms with van der Waals surface area (Å²) in [6.45, 7) is 0. The standard InChI is InChI=1S/C16H9F2N3O2S2/c17-13-6-3-11(7-14(13)18)15-9-24-16(20-15)21-25(22,23)12-4-1-10(8-19)2-5-12/h1-7,9H,(H,20,21). The van der Waals surface area contributed by atoms with Crippen LogP contribution in [0.15, 0.2) is 52.7 Å². The number of nitrogens with zero attached hydrogens (tertiary/aromatic N) is 2. The van der Waals surface area contributed by atoms with E-state index < -0.39 is 21.7 Å². The van der Waals surface area contributed by atoms with Crippen LogP contribution < -0.4 is 4.72 Å². The second-order valence-corrected chi connectivity index (χ2v) is 7.45. The lowest BCUT2D eigenvalue weighted by Crippen LogP contribution is -2.12. The number of anilines is 1. The highest BCUT2D eigenvalue weighted by atomic mass is 32.2. The zero-order valence-electron chi connectivity index (χ0n) is 12.4. The molecule has 3 aromatic rings. The summed E-state index contributed by atoms with van der Waals surface area (Å²) < 4.78 is 53.2. The van der Waals surface area contributed by atoms with Crippen LogP contribution in [0.5, 0.6) is 0 Å². The van der Waals surface area contributed by atoms with E-state index >= 15 is 0 Å². The van der Waals surface area contributed by atoms with Crippen molar-refractivity contribution in [2.45, 2.75) is 4.90 Å². The van der Waals surface area contributed by atoms with Gasteiger partial charge in [0.25, 0.3) is 10.0 Å². The molecule has 0 aliphatic rings. The molecule has 0 fully saturated rings. The van der Waals surface area contributed by atoms with Gasteiger partial charge in [-0.05, 0) is 42.5 Å². The van der Waals surface area contributed by atoms with E-state index in [1.54, 1.807) is 0 Å². The van der Waals surface area contributed by atoms with Gasteiger partial charge in [-0.2, -0.15) is 5.26 Å². The summed E-state index contributed by atoms with van der Waals surface area (Å²) in [4.78, 5) is 4.06. The van der Waals surface area contributed by atoms with Gasteiger partial charge in [-0.1, -0.05) is 0 Å². The normalized spacial score (nSPS) is 11.1. The van der Waals surface area contributed by atoms with E-state index in [9.17, 15) is 17.2 Å². The molecule has 0 aliphatic carbocycles. The van der Waals surface area contributed by atoms with Crippen molar-refractivity contribution in [1.82, 2.24) is 4.98 Å². The molecule has 0 spiro atoms. The molecule has 1 heterocycles. The Morgan fingerprint density at radius 3 is 2.44 bits per heavy atom. The molecule has 2 aromatic carbocycles. The van der Waals surface area contributed by atoms with Crippen molar-refractivity contribution in [2.24, 2.45) is 0 Å². The first-order valence-corrected chi connectivity index (χ1v) is 9.19. The molecule has 9 heteroatoms. The lowest BCUT2D eigenvalue weighted by Gasteiger charge is -2.05. The molecule has 1 aromatic heterocycles. The molecule has 0 aliphatic heterocycles. The number of sulfonamides is 1. The summed E-state index contributed by atoms with van der Waals surface area (Å²) in [6.07, 6.45) is 0. The highest BCUT2D eigenvalue weighted by Crippen LogP contribution is 2.27. The Morgan fingerprint density at radius 1 is 1.08 bits per heavy atom. The van der Waals surface area contributed by atoms with E-state index in [4.69, 9.17) is 5.26 Å². The number of rotatable bonds is 4. The van der Waals surface area contributed by atoms with Crippen molar-refractivity contribution in [3.05, 3.63) is 65.0 Å². The third-order valence-corrected chi connectivity index (χ3v) is 5.48. The van der Waals surface area contributed by atoms with Gasteiger partial charge < -0.3 is 0 Å². The topological polar surface area (TPSA) is 82.8 Å². The number of aromatic nitrogens is 1. The minimum absolute atomic E-state index is 0.0175. The summed E-state index contributed by atoms with van der Waals surface area (Å²) in [7, 11) is -3.87. The monoisotopic (exact) mass is 377 g/mol. The van der Waals surface area contributed by atoms with Crippen molar-refractivity contribution in [2.75, 3.05) is 4.72 Å². The molecule has 0 unspecified atom stereocenters. The van der Waals surface area contributed by atoms with Crippen molar-refractivity contribution >= 4 is 26.5 Å². The highest BCUT2D eigenvalue weighted by Gasteiger charge is 2.17.